The smallest absolute Gasteiger partial charge is 0.269 e. The topological polar surface area (TPSA) is 76.8 Å². The molecular formula is C15H15N3O3. The van der Waals surface area contributed by atoms with E-state index in [0.29, 0.717) is 12.3 Å². The molecule has 0 aliphatic rings. The first kappa shape index (κ1) is 14.5. The minimum Gasteiger partial charge on any atom is -0.493 e. The maximum Gasteiger partial charge on any atom is 0.269 e. The van der Waals surface area contributed by atoms with Crippen LogP contribution in [-0.2, 0) is 0 Å². The number of nitro benzene ring substituents is 1. The molecule has 0 radical (unpaired) electrons. The molecule has 108 valence electrons. The second-order valence-corrected chi connectivity index (χ2v) is 4.14. The number of nitro groups is 1. The van der Waals surface area contributed by atoms with Gasteiger partial charge in [0.2, 0.25) is 0 Å². The highest BCUT2D eigenvalue weighted by atomic mass is 16.6. The fraction of sp³-hybridized carbons (Fsp3) is 0.133. The van der Waals surface area contributed by atoms with Crippen molar-refractivity contribution in [2.75, 3.05) is 12.0 Å². The summed E-state index contributed by atoms with van der Waals surface area (Å²) >= 11 is 0. The number of para-hydroxylation sites is 1. The predicted octanol–water partition coefficient (Wildman–Crippen LogP) is 3.44. The lowest BCUT2D eigenvalue weighted by molar-refractivity contribution is -0.384. The Labute approximate surface area is 122 Å². The van der Waals surface area contributed by atoms with Gasteiger partial charge in [0.05, 0.1) is 23.4 Å². The SMILES string of the molecule is CCOc1ccccc1C=NNc1ccc([N+](=O)[O-])cc1. The largest absolute Gasteiger partial charge is 0.493 e. The van der Waals surface area contributed by atoms with Gasteiger partial charge in [0.15, 0.2) is 0 Å². The summed E-state index contributed by atoms with van der Waals surface area (Å²) in [6.07, 6.45) is 1.65. The van der Waals surface area contributed by atoms with Crippen LogP contribution in [0.2, 0.25) is 0 Å². The lowest BCUT2D eigenvalue weighted by Gasteiger charge is -2.06. The van der Waals surface area contributed by atoms with E-state index in [1.165, 1.54) is 12.1 Å². The van der Waals surface area contributed by atoms with Gasteiger partial charge in [0.25, 0.3) is 5.69 Å². The maximum absolute atomic E-state index is 10.6. The average Bonchev–Trinajstić information content (AvgIpc) is 2.50. The van der Waals surface area contributed by atoms with E-state index in [1.54, 1.807) is 18.3 Å². The molecule has 0 heterocycles. The first-order valence-corrected chi connectivity index (χ1v) is 6.46. The first-order valence-electron chi connectivity index (χ1n) is 6.46. The van der Waals surface area contributed by atoms with Crippen molar-refractivity contribution in [2.45, 2.75) is 6.92 Å². The summed E-state index contributed by atoms with van der Waals surface area (Å²) in [7, 11) is 0. The van der Waals surface area contributed by atoms with Crippen LogP contribution < -0.4 is 10.2 Å². The zero-order valence-corrected chi connectivity index (χ0v) is 11.5. The molecule has 0 saturated carbocycles. The monoisotopic (exact) mass is 285 g/mol. The molecule has 0 fully saturated rings. The van der Waals surface area contributed by atoms with E-state index in [4.69, 9.17) is 4.74 Å². The molecule has 6 heteroatoms. The molecule has 2 aromatic rings. The van der Waals surface area contributed by atoms with E-state index in [9.17, 15) is 10.1 Å². The number of nitrogens with zero attached hydrogens (tertiary/aromatic N) is 2. The van der Waals surface area contributed by atoms with Gasteiger partial charge < -0.3 is 4.74 Å². The van der Waals surface area contributed by atoms with Gasteiger partial charge in [-0.1, -0.05) is 12.1 Å². The molecule has 0 aliphatic carbocycles. The van der Waals surface area contributed by atoms with Gasteiger partial charge in [0, 0.05) is 17.7 Å². The Morgan fingerprint density at radius 3 is 2.62 bits per heavy atom. The van der Waals surface area contributed by atoms with Crippen molar-refractivity contribution < 1.29 is 9.66 Å². The van der Waals surface area contributed by atoms with Crippen molar-refractivity contribution in [1.82, 2.24) is 0 Å². The van der Waals surface area contributed by atoms with Crippen molar-refractivity contribution in [1.29, 1.82) is 0 Å². The van der Waals surface area contributed by atoms with Crippen LogP contribution in [0.25, 0.3) is 0 Å². The number of ether oxygens (including phenoxy) is 1. The molecule has 0 unspecified atom stereocenters. The Balaban J connectivity index is 2.03. The molecule has 2 aromatic carbocycles. The molecule has 21 heavy (non-hydrogen) atoms. The summed E-state index contributed by atoms with van der Waals surface area (Å²) in [5, 5.41) is 14.7. The molecule has 2 rings (SSSR count). The quantitative estimate of drug-likeness (QED) is 0.501. The van der Waals surface area contributed by atoms with Gasteiger partial charge in [-0.15, -0.1) is 0 Å². The highest BCUT2D eigenvalue weighted by Crippen LogP contribution is 2.17. The summed E-state index contributed by atoms with van der Waals surface area (Å²) in [5.74, 6) is 0.759. The fourth-order valence-electron chi connectivity index (χ4n) is 1.71. The summed E-state index contributed by atoms with van der Waals surface area (Å²) in [4.78, 5) is 10.1. The second kappa shape index (κ2) is 7.04. The Morgan fingerprint density at radius 2 is 1.95 bits per heavy atom. The van der Waals surface area contributed by atoms with Crippen molar-refractivity contribution >= 4 is 17.6 Å². The molecular weight excluding hydrogens is 270 g/mol. The van der Waals surface area contributed by atoms with Gasteiger partial charge in [-0.05, 0) is 31.2 Å². The Kier molecular flexibility index (Phi) is 4.87. The number of hydrogen-bond acceptors (Lipinski definition) is 5. The summed E-state index contributed by atoms with van der Waals surface area (Å²) < 4.78 is 5.49. The number of rotatable bonds is 6. The van der Waals surface area contributed by atoms with Crippen LogP contribution in [0.5, 0.6) is 5.75 Å². The highest BCUT2D eigenvalue weighted by Gasteiger charge is 2.03. The molecule has 0 aromatic heterocycles. The van der Waals surface area contributed by atoms with Crippen LogP contribution in [0.4, 0.5) is 11.4 Å². The van der Waals surface area contributed by atoms with Crippen LogP contribution in [-0.4, -0.2) is 17.7 Å². The summed E-state index contributed by atoms with van der Waals surface area (Å²) in [6, 6.07) is 13.6. The molecule has 6 nitrogen and oxygen atoms in total. The second-order valence-electron chi connectivity index (χ2n) is 4.14. The Morgan fingerprint density at radius 1 is 1.24 bits per heavy atom. The van der Waals surface area contributed by atoms with Gasteiger partial charge in [0.1, 0.15) is 5.75 Å². The van der Waals surface area contributed by atoms with Crippen LogP contribution in [0.3, 0.4) is 0 Å². The van der Waals surface area contributed by atoms with Crippen molar-refractivity contribution in [2.24, 2.45) is 5.10 Å². The predicted molar refractivity (Wildman–Crippen MR) is 81.9 cm³/mol. The van der Waals surface area contributed by atoms with E-state index >= 15 is 0 Å². The van der Waals surface area contributed by atoms with Crippen LogP contribution in [0.15, 0.2) is 53.6 Å². The van der Waals surface area contributed by atoms with Crippen LogP contribution >= 0.6 is 0 Å². The number of hydrogen-bond donors (Lipinski definition) is 1. The fourth-order valence-corrected chi connectivity index (χ4v) is 1.71. The van der Waals surface area contributed by atoms with E-state index in [2.05, 4.69) is 10.5 Å². The zero-order valence-electron chi connectivity index (χ0n) is 11.5. The number of hydrazone groups is 1. The molecule has 0 saturated heterocycles. The third-order valence-electron chi connectivity index (χ3n) is 2.69. The number of benzene rings is 2. The lowest BCUT2D eigenvalue weighted by Crippen LogP contribution is -1.97. The van der Waals surface area contributed by atoms with E-state index in [1.807, 2.05) is 31.2 Å². The van der Waals surface area contributed by atoms with E-state index in [-0.39, 0.29) is 5.69 Å². The van der Waals surface area contributed by atoms with Crippen molar-refractivity contribution in [3.63, 3.8) is 0 Å². The standard InChI is InChI=1S/C15H15N3O3/c1-2-21-15-6-4-3-5-12(15)11-16-17-13-7-9-14(10-8-13)18(19)20/h3-11,17H,2H2,1H3. The van der Waals surface area contributed by atoms with E-state index < -0.39 is 4.92 Å². The zero-order chi connectivity index (χ0) is 15.1. The number of anilines is 1. The molecule has 0 amide bonds. The minimum atomic E-state index is -0.439. The summed E-state index contributed by atoms with van der Waals surface area (Å²) in [6.45, 7) is 2.50. The molecule has 1 N–H and O–H groups in total. The molecule has 0 spiro atoms. The van der Waals surface area contributed by atoms with Crippen molar-refractivity contribution in [3.8, 4) is 5.75 Å². The first-order chi connectivity index (χ1) is 10.2. The van der Waals surface area contributed by atoms with Crippen LogP contribution in [0.1, 0.15) is 12.5 Å². The summed E-state index contributed by atoms with van der Waals surface area (Å²) in [5.41, 5.74) is 4.39. The Hall–Kier alpha value is -2.89. The van der Waals surface area contributed by atoms with Crippen LogP contribution in [0, 0.1) is 10.1 Å². The van der Waals surface area contributed by atoms with E-state index in [0.717, 1.165) is 11.3 Å². The lowest BCUT2D eigenvalue weighted by atomic mass is 10.2. The molecule has 0 atom stereocenters. The molecule has 0 aliphatic heterocycles. The van der Waals surface area contributed by atoms with Gasteiger partial charge >= 0.3 is 0 Å². The third kappa shape index (κ3) is 4.04. The van der Waals surface area contributed by atoms with Gasteiger partial charge in [-0.25, -0.2) is 0 Å². The average molecular weight is 285 g/mol. The minimum absolute atomic E-state index is 0.0474. The molecule has 0 bridgehead atoms. The highest BCUT2D eigenvalue weighted by molar-refractivity contribution is 5.84. The number of nitrogens with one attached hydrogen (secondary N) is 1. The Bertz CT molecular complexity index is 639. The van der Waals surface area contributed by atoms with Gasteiger partial charge in [-0.2, -0.15) is 5.10 Å². The van der Waals surface area contributed by atoms with Crippen molar-refractivity contribution in [3.05, 3.63) is 64.2 Å². The third-order valence-corrected chi connectivity index (χ3v) is 2.69. The normalized spacial score (nSPS) is 10.5. The maximum atomic E-state index is 10.6. The van der Waals surface area contributed by atoms with Gasteiger partial charge in [-0.3, -0.25) is 15.5 Å². The number of non-ortho nitro benzene ring substituents is 1.